The lowest BCUT2D eigenvalue weighted by Gasteiger charge is -2.35. The first-order chi connectivity index (χ1) is 19.5. The van der Waals surface area contributed by atoms with E-state index in [0.717, 1.165) is 66.6 Å². The summed E-state index contributed by atoms with van der Waals surface area (Å²) in [6.07, 6.45) is 7.26. The third kappa shape index (κ3) is 5.27. The van der Waals surface area contributed by atoms with Crippen molar-refractivity contribution in [3.05, 3.63) is 64.5 Å². The Morgan fingerprint density at radius 1 is 1.07 bits per heavy atom. The molecule has 10 heteroatoms. The normalized spacial score (nSPS) is 22.0. The van der Waals surface area contributed by atoms with Gasteiger partial charge in [0.25, 0.3) is 6.43 Å². The molecule has 7 nitrogen and oxygen atoms in total. The largest absolute Gasteiger partial charge is 0.341 e. The number of nitrogens with one attached hydrogen (secondary N) is 1. The quantitative estimate of drug-likeness (QED) is 0.365. The molecule has 0 saturated heterocycles. The molecular weight excluding hydrogens is 544 g/mol. The molecule has 218 valence electrons. The summed E-state index contributed by atoms with van der Waals surface area (Å²) in [5.74, 6) is 0.291. The highest BCUT2D eigenvalue weighted by Crippen LogP contribution is 2.46. The van der Waals surface area contributed by atoms with Crippen molar-refractivity contribution in [1.82, 2.24) is 14.7 Å². The predicted octanol–water partition coefficient (Wildman–Crippen LogP) is 6.67. The van der Waals surface area contributed by atoms with Gasteiger partial charge in [0.15, 0.2) is 0 Å². The van der Waals surface area contributed by atoms with Gasteiger partial charge in [-0.15, -0.1) is 0 Å². The van der Waals surface area contributed by atoms with E-state index in [-0.39, 0.29) is 22.6 Å². The molecule has 0 spiro atoms. The standard InChI is InChI=1S/C31H37F2N5O2S/c1-19(39)37-17-23-11-22(20-6-8-25(9-7-20)41(3,34)40)13-30(28(23)18-37)38-10-4-5-21-12-26(24-15-35-36(2)16-24)27(31(32)33)14-29(21)38/h11-16,20,25,31,34H,4-10,17-18H2,1-3H3. The summed E-state index contributed by atoms with van der Waals surface area (Å²) >= 11 is 0. The Morgan fingerprint density at radius 3 is 2.46 bits per heavy atom. The Kier molecular flexibility index (Phi) is 7.16. The fourth-order valence-corrected chi connectivity index (χ4v) is 8.12. The number of fused-ring (bicyclic) bond motifs is 2. The summed E-state index contributed by atoms with van der Waals surface area (Å²) in [7, 11) is -0.788. The van der Waals surface area contributed by atoms with Crippen LogP contribution in [0.5, 0.6) is 0 Å². The number of aromatic nitrogens is 2. The lowest BCUT2D eigenvalue weighted by Crippen LogP contribution is -2.27. The minimum absolute atomic E-state index is 0.00121. The molecule has 2 aliphatic heterocycles. The fraction of sp³-hybridized carbons (Fsp3) is 0.484. The van der Waals surface area contributed by atoms with Crippen LogP contribution in [-0.2, 0) is 41.1 Å². The van der Waals surface area contributed by atoms with E-state index in [2.05, 4.69) is 22.1 Å². The highest BCUT2D eigenvalue weighted by Gasteiger charge is 2.33. The second-order valence-electron chi connectivity index (χ2n) is 12.0. The van der Waals surface area contributed by atoms with Crippen LogP contribution in [-0.4, -0.2) is 42.8 Å². The van der Waals surface area contributed by atoms with E-state index >= 15 is 0 Å². The number of hydrogen-bond donors (Lipinski definition) is 1. The third-order valence-corrected chi connectivity index (χ3v) is 10.9. The maximum atomic E-state index is 14.5. The summed E-state index contributed by atoms with van der Waals surface area (Å²) in [4.78, 5) is 16.4. The van der Waals surface area contributed by atoms with Crippen molar-refractivity contribution >= 4 is 27.0 Å². The number of amides is 1. The van der Waals surface area contributed by atoms with Crippen molar-refractivity contribution in [3.63, 3.8) is 0 Å². The van der Waals surface area contributed by atoms with Crippen molar-refractivity contribution in [2.24, 2.45) is 7.05 Å². The van der Waals surface area contributed by atoms with Crippen molar-refractivity contribution in [3.8, 4) is 11.1 Å². The van der Waals surface area contributed by atoms with Gasteiger partial charge in [0.2, 0.25) is 5.91 Å². The van der Waals surface area contributed by atoms with Gasteiger partial charge >= 0.3 is 0 Å². The van der Waals surface area contributed by atoms with Crippen LogP contribution in [0.15, 0.2) is 36.7 Å². The van der Waals surface area contributed by atoms with E-state index < -0.39 is 16.2 Å². The number of carbonyl (C=O) groups is 1. The van der Waals surface area contributed by atoms with E-state index in [9.17, 15) is 17.8 Å². The average Bonchev–Trinajstić information content (AvgIpc) is 3.57. The molecule has 0 radical (unpaired) electrons. The van der Waals surface area contributed by atoms with Crippen molar-refractivity contribution < 1.29 is 17.8 Å². The third-order valence-electron chi connectivity index (χ3n) is 9.19. The molecule has 6 rings (SSSR count). The zero-order valence-electron chi connectivity index (χ0n) is 23.8. The summed E-state index contributed by atoms with van der Waals surface area (Å²) in [6, 6.07) is 8.01. The SMILES string of the molecule is CC(=O)N1Cc2cc(C3CCC(S(C)(=N)=O)CC3)cc(N3CCCc4cc(-c5cnn(C)c5)c(C(F)F)cc43)c2C1. The number of rotatable bonds is 5. The minimum Gasteiger partial charge on any atom is -0.341 e. The zero-order valence-corrected chi connectivity index (χ0v) is 24.6. The van der Waals surface area contributed by atoms with Crippen molar-refractivity contribution in [2.45, 2.75) is 76.1 Å². The molecule has 1 saturated carbocycles. The average molecular weight is 582 g/mol. The van der Waals surface area contributed by atoms with Crippen LogP contribution in [0.25, 0.3) is 11.1 Å². The van der Waals surface area contributed by atoms with Gasteiger partial charge in [-0.25, -0.2) is 13.0 Å². The first-order valence-electron chi connectivity index (χ1n) is 14.3. The van der Waals surface area contributed by atoms with Crippen molar-refractivity contribution in [1.29, 1.82) is 4.78 Å². The Bertz CT molecular complexity index is 1610. The van der Waals surface area contributed by atoms with Crippen LogP contribution in [0.1, 0.15) is 79.2 Å². The first kappa shape index (κ1) is 27.9. The van der Waals surface area contributed by atoms with E-state index in [1.54, 1.807) is 43.4 Å². The Hall–Kier alpha value is -3.27. The summed E-state index contributed by atoms with van der Waals surface area (Å²) < 4.78 is 51.0. The molecule has 3 aromatic rings. The predicted molar refractivity (Wildman–Crippen MR) is 157 cm³/mol. The van der Waals surface area contributed by atoms with Crippen molar-refractivity contribution in [2.75, 3.05) is 17.7 Å². The topological polar surface area (TPSA) is 82.3 Å². The lowest BCUT2D eigenvalue weighted by atomic mass is 9.82. The van der Waals surface area contributed by atoms with Gasteiger partial charge in [0.1, 0.15) is 0 Å². The maximum Gasteiger partial charge on any atom is 0.264 e. The number of nitrogens with zero attached hydrogens (tertiary/aromatic N) is 4. The fourth-order valence-electron chi connectivity index (χ4n) is 6.95. The lowest BCUT2D eigenvalue weighted by molar-refractivity contribution is -0.129. The Morgan fingerprint density at radius 2 is 1.83 bits per heavy atom. The molecule has 1 unspecified atom stereocenters. The highest BCUT2D eigenvalue weighted by molar-refractivity contribution is 7.92. The molecule has 1 aromatic heterocycles. The smallest absolute Gasteiger partial charge is 0.264 e. The summed E-state index contributed by atoms with van der Waals surface area (Å²) in [6.45, 7) is 3.34. The Labute approximate surface area is 240 Å². The molecule has 2 aromatic carbocycles. The Balaban J connectivity index is 1.43. The monoisotopic (exact) mass is 581 g/mol. The molecule has 0 bridgehead atoms. The summed E-state index contributed by atoms with van der Waals surface area (Å²) in [5, 5.41) is 4.13. The van der Waals surface area contributed by atoms with E-state index in [1.807, 2.05) is 11.0 Å². The van der Waals surface area contributed by atoms with Crippen LogP contribution >= 0.6 is 0 Å². The number of anilines is 2. The highest BCUT2D eigenvalue weighted by atomic mass is 32.2. The number of benzene rings is 2. The first-order valence-corrected chi connectivity index (χ1v) is 16.4. The van der Waals surface area contributed by atoms with Gasteiger partial charge in [0, 0.05) is 89.1 Å². The van der Waals surface area contributed by atoms with Gasteiger partial charge in [-0.1, -0.05) is 6.07 Å². The van der Waals surface area contributed by atoms with E-state index in [4.69, 9.17) is 4.78 Å². The van der Waals surface area contributed by atoms with Gasteiger partial charge in [-0.05, 0) is 84.9 Å². The summed E-state index contributed by atoms with van der Waals surface area (Å²) in [5.41, 5.74) is 7.43. The van der Waals surface area contributed by atoms with Crippen LogP contribution in [0.3, 0.4) is 0 Å². The van der Waals surface area contributed by atoms with Crippen LogP contribution < -0.4 is 4.90 Å². The van der Waals surface area contributed by atoms with Crippen LogP contribution in [0, 0.1) is 4.78 Å². The number of halogens is 2. The number of alkyl halides is 2. The molecule has 1 amide bonds. The number of hydrogen-bond acceptors (Lipinski definition) is 5. The van der Waals surface area contributed by atoms with Crippen LogP contribution in [0.2, 0.25) is 0 Å². The molecule has 1 atom stereocenters. The second-order valence-corrected chi connectivity index (χ2v) is 14.4. The molecule has 1 aliphatic carbocycles. The van der Waals surface area contributed by atoms with Crippen LogP contribution in [0.4, 0.5) is 20.2 Å². The number of carbonyl (C=O) groups excluding carboxylic acids is 1. The maximum absolute atomic E-state index is 14.5. The molecule has 41 heavy (non-hydrogen) atoms. The van der Waals surface area contributed by atoms with Gasteiger partial charge in [-0.3, -0.25) is 14.3 Å². The minimum atomic E-state index is -2.63. The number of aryl methyl sites for hydroxylation is 2. The van der Waals surface area contributed by atoms with E-state index in [1.165, 1.54) is 5.56 Å². The molecule has 1 N–H and O–H groups in total. The van der Waals surface area contributed by atoms with Gasteiger partial charge < -0.3 is 9.80 Å². The second kappa shape index (κ2) is 10.5. The van der Waals surface area contributed by atoms with E-state index in [0.29, 0.717) is 30.8 Å². The zero-order chi connectivity index (χ0) is 29.1. The van der Waals surface area contributed by atoms with Gasteiger partial charge in [-0.2, -0.15) is 5.10 Å². The molecular formula is C31H37F2N5O2S. The molecule has 1 fully saturated rings. The molecule has 3 aliphatic rings. The van der Waals surface area contributed by atoms with Gasteiger partial charge in [0.05, 0.1) is 6.20 Å². The molecule has 3 heterocycles.